The lowest BCUT2D eigenvalue weighted by Gasteiger charge is -1.99. The molecule has 6 heteroatoms. The molecule has 0 spiro atoms. The summed E-state index contributed by atoms with van der Waals surface area (Å²) >= 11 is 0. The van der Waals surface area contributed by atoms with Gasteiger partial charge < -0.3 is 0 Å². The zero-order valence-corrected chi connectivity index (χ0v) is 7.76. The molecular formula is C7H10N6. The minimum absolute atomic E-state index is 0.283. The Morgan fingerprint density at radius 1 is 1.08 bits per heavy atom. The molecule has 6 nitrogen and oxygen atoms in total. The molecule has 68 valence electrons. The van der Waals surface area contributed by atoms with Gasteiger partial charge >= 0.3 is 0 Å². The second kappa shape index (κ2) is 2.72. The Morgan fingerprint density at radius 2 is 1.77 bits per heavy atom. The second-order valence-electron chi connectivity index (χ2n) is 3.17. The average molecular weight is 178 g/mol. The molecule has 2 aromatic heterocycles. The van der Waals surface area contributed by atoms with Gasteiger partial charge in [0.25, 0.3) is 5.78 Å². The van der Waals surface area contributed by atoms with Gasteiger partial charge in [-0.2, -0.15) is 4.52 Å². The molecule has 0 radical (unpaired) electrons. The van der Waals surface area contributed by atoms with Crippen molar-refractivity contribution in [2.45, 2.75) is 26.7 Å². The van der Waals surface area contributed by atoms with Crippen LogP contribution in [0, 0.1) is 6.92 Å². The SMILES string of the molecule is Cc1nnc2nnc(C(C)C)n2n1. The molecule has 2 heterocycles. The first-order valence-corrected chi connectivity index (χ1v) is 4.11. The fourth-order valence-corrected chi connectivity index (χ4v) is 1.08. The summed E-state index contributed by atoms with van der Waals surface area (Å²) in [6, 6.07) is 0. The van der Waals surface area contributed by atoms with E-state index in [-0.39, 0.29) is 5.92 Å². The van der Waals surface area contributed by atoms with E-state index in [1.807, 2.05) is 13.8 Å². The van der Waals surface area contributed by atoms with Crippen molar-refractivity contribution in [3.05, 3.63) is 11.6 Å². The van der Waals surface area contributed by atoms with E-state index >= 15 is 0 Å². The van der Waals surface area contributed by atoms with Crippen LogP contribution in [0.15, 0.2) is 0 Å². The van der Waals surface area contributed by atoms with Gasteiger partial charge in [-0.25, -0.2) is 0 Å². The highest BCUT2D eigenvalue weighted by molar-refractivity contribution is 5.22. The Kier molecular flexibility index (Phi) is 1.68. The lowest BCUT2D eigenvalue weighted by molar-refractivity contribution is 0.691. The summed E-state index contributed by atoms with van der Waals surface area (Å²) in [6.07, 6.45) is 0. The van der Waals surface area contributed by atoms with Gasteiger partial charge in [0.05, 0.1) is 0 Å². The molecule has 0 aromatic carbocycles. The summed E-state index contributed by atoms with van der Waals surface area (Å²) in [5.74, 6) is 2.17. The van der Waals surface area contributed by atoms with Crippen LogP contribution < -0.4 is 0 Å². The first-order chi connectivity index (χ1) is 6.18. The summed E-state index contributed by atoms with van der Waals surface area (Å²) in [5, 5.41) is 19.7. The minimum Gasteiger partial charge on any atom is -0.178 e. The minimum atomic E-state index is 0.283. The van der Waals surface area contributed by atoms with Gasteiger partial charge in [0.1, 0.15) is 0 Å². The molecule has 0 atom stereocenters. The quantitative estimate of drug-likeness (QED) is 0.630. The molecule has 0 unspecified atom stereocenters. The van der Waals surface area contributed by atoms with E-state index in [9.17, 15) is 0 Å². The van der Waals surface area contributed by atoms with Crippen molar-refractivity contribution >= 4 is 5.78 Å². The standard InChI is InChI=1S/C7H10N6/c1-4(2)6-9-11-7-10-8-5(3)12-13(6)7/h4H,1-3H3. The third-order valence-electron chi connectivity index (χ3n) is 1.69. The number of hydrogen-bond acceptors (Lipinski definition) is 5. The molecule has 2 rings (SSSR count). The lowest BCUT2D eigenvalue weighted by Crippen LogP contribution is -2.05. The summed E-state index contributed by atoms with van der Waals surface area (Å²) in [5.41, 5.74) is 0. The number of nitrogens with zero attached hydrogens (tertiary/aromatic N) is 6. The van der Waals surface area contributed by atoms with Crippen LogP contribution in [0.25, 0.3) is 5.78 Å². The lowest BCUT2D eigenvalue weighted by atomic mass is 10.2. The third kappa shape index (κ3) is 1.24. The van der Waals surface area contributed by atoms with Gasteiger partial charge in [0.15, 0.2) is 11.6 Å². The summed E-state index contributed by atoms with van der Waals surface area (Å²) in [6.45, 7) is 5.86. The van der Waals surface area contributed by atoms with E-state index in [0.29, 0.717) is 11.6 Å². The first-order valence-electron chi connectivity index (χ1n) is 4.11. The Balaban J connectivity index is 2.71. The van der Waals surface area contributed by atoms with Crippen molar-refractivity contribution in [2.75, 3.05) is 0 Å². The summed E-state index contributed by atoms with van der Waals surface area (Å²) < 4.78 is 1.63. The van der Waals surface area contributed by atoms with Crippen molar-refractivity contribution in [1.82, 2.24) is 30.0 Å². The van der Waals surface area contributed by atoms with Crippen molar-refractivity contribution in [1.29, 1.82) is 0 Å². The molecule has 0 bridgehead atoms. The van der Waals surface area contributed by atoms with E-state index in [1.165, 1.54) is 0 Å². The number of aromatic nitrogens is 6. The number of aryl methyl sites for hydroxylation is 1. The highest BCUT2D eigenvalue weighted by Crippen LogP contribution is 2.09. The third-order valence-corrected chi connectivity index (χ3v) is 1.69. The molecular weight excluding hydrogens is 168 g/mol. The van der Waals surface area contributed by atoms with E-state index in [2.05, 4.69) is 25.5 Å². The van der Waals surface area contributed by atoms with Crippen molar-refractivity contribution in [2.24, 2.45) is 0 Å². The van der Waals surface area contributed by atoms with E-state index < -0.39 is 0 Å². The Bertz CT molecular complexity index is 431. The van der Waals surface area contributed by atoms with Crippen molar-refractivity contribution in [3.8, 4) is 0 Å². The van der Waals surface area contributed by atoms with Crippen molar-refractivity contribution in [3.63, 3.8) is 0 Å². The molecule has 0 aliphatic carbocycles. The largest absolute Gasteiger partial charge is 0.290 e. The van der Waals surface area contributed by atoms with E-state index in [1.54, 1.807) is 11.4 Å². The van der Waals surface area contributed by atoms with Gasteiger partial charge in [-0.3, -0.25) is 0 Å². The van der Waals surface area contributed by atoms with Crippen LogP contribution in [-0.4, -0.2) is 30.0 Å². The van der Waals surface area contributed by atoms with Gasteiger partial charge in [-0.1, -0.05) is 13.8 Å². The highest BCUT2D eigenvalue weighted by atomic mass is 15.4. The normalized spacial score (nSPS) is 11.4. The predicted octanol–water partition coefficient (Wildman–Crippen LogP) is 0.346. The maximum absolute atomic E-state index is 4.17. The predicted molar refractivity (Wildman–Crippen MR) is 45.2 cm³/mol. The number of hydrogen-bond donors (Lipinski definition) is 0. The van der Waals surface area contributed by atoms with E-state index in [0.717, 1.165) is 5.82 Å². The monoisotopic (exact) mass is 178 g/mol. The Labute approximate surface area is 75.0 Å². The van der Waals surface area contributed by atoms with E-state index in [4.69, 9.17) is 0 Å². The number of rotatable bonds is 1. The van der Waals surface area contributed by atoms with Crippen LogP contribution in [0.4, 0.5) is 0 Å². The van der Waals surface area contributed by atoms with Gasteiger partial charge in [-0.05, 0) is 6.92 Å². The Hall–Kier alpha value is -1.59. The highest BCUT2D eigenvalue weighted by Gasteiger charge is 2.11. The first kappa shape index (κ1) is 8.03. The fourth-order valence-electron chi connectivity index (χ4n) is 1.08. The van der Waals surface area contributed by atoms with Gasteiger partial charge in [0, 0.05) is 5.92 Å². The average Bonchev–Trinajstić information content (AvgIpc) is 2.46. The summed E-state index contributed by atoms with van der Waals surface area (Å²) in [4.78, 5) is 0. The van der Waals surface area contributed by atoms with Crippen LogP contribution in [0.1, 0.15) is 31.4 Å². The zero-order chi connectivity index (χ0) is 9.42. The molecule has 0 saturated heterocycles. The Morgan fingerprint density at radius 3 is 2.46 bits per heavy atom. The molecule has 13 heavy (non-hydrogen) atoms. The molecule has 2 aromatic rings. The fraction of sp³-hybridized carbons (Fsp3) is 0.571. The summed E-state index contributed by atoms with van der Waals surface area (Å²) in [7, 11) is 0. The molecule has 0 N–H and O–H groups in total. The van der Waals surface area contributed by atoms with Crippen LogP contribution in [-0.2, 0) is 0 Å². The van der Waals surface area contributed by atoms with Gasteiger partial charge in [0.2, 0.25) is 0 Å². The molecule has 0 aliphatic heterocycles. The molecule has 0 fully saturated rings. The smallest absolute Gasteiger partial charge is 0.178 e. The van der Waals surface area contributed by atoms with Crippen LogP contribution in [0.5, 0.6) is 0 Å². The van der Waals surface area contributed by atoms with Crippen LogP contribution in [0.2, 0.25) is 0 Å². The second-order valence-corrected chi connectivity index (χ2v) is 3.17. The van der Waals surface area contributed by atoms with Crippen LogP contribution in [0.3, 0.4) is 0 Å². The number of fused-ring (bicyclic) bond motifs is 1. The molecule has 0 aliphatic rings. The maximum atomic E-state index is 4.17. The maximum Gasteiger partial charge on any atom is 0.290 e. The topological polar surface area (TPSA) is 68.9 Å². The van der Waals surface area contributed by atoms with Gasteiger partial charge in [-0.15, -0.1) is 25.5 Å². The molecule has 0 saturated carbocycles. The zero-order valence-electron chi connectivity index (χ0n) is 7.76. The van der Waals surface area contributed by atoms with Crippen LogP contribution >= 0.6 is 0 Å². The van der Waals surface area contributed by atoms with Crippen molar-refractivity contribution < 1.29 is 0 Å². The molecule has 0 amide bonds.